The second-order valence-electron chi connectivity index (χ2n) is 5.02. The molecule has 0 saturated carbocycles. The second-order valence-corrected chi connectivity index (χ2v) is 7.71. The van der Waals surface area contributed by atoms with Crippen LogP contribution in [0.15, 0.2) is 17.0 Å². The van der Waals surface area contributed by atoms with E-state index in [4.69, 9.17) is 33.7 Å². The van der Waals surface area contributed by atoms with Crippen LogP contribution < -0.4 is 5.73 Å². The second kappa shape index (κ2) is 6.81. The molecule has 1 saturated heterocycles. The van der Waals surface area contributed by atoms with Crippen molar-refractivity contribution in [2.24, 2.45) is 11.7 Å². The number of methoxy groups -OCH3 is 1. The first kappa shape index (κ1) is 17.0. The molecule has 0 aromatic heterocycles. The lowest BCUT2D eigenvalue weighted by atomic mass is 10.1. The largest absolute Gasteiger partial charge is 0.384 e. The van der Waals surface area contributed by atoms with Gasteiger partial charge in [0.05, 0.1) is 11.6 Å². The van der Waals surface area contributed by atoms with E-state index < -0.39 is 10.0 Å². The molecule has 1 aromatic rings. The number of sulfonamides is 1. The Morgan fingerprint density at radius 1 is 1.43 bits per heavy atom. The fourth-order valence-electron chi connectivity index (χ4n) is 2.49. The number of rotatable bonds is 5. The Morgan fingerprint density at radius 3 is 2.76 bits per heavy atom. The average Bonchev–Trinajstić information content (AvgIpc) is 2.89. The Labute approximate surface area is 135 Å². The molecule has 1 atom stereocenters. The summed E-state index contributed by atoms with van der Waals surface area (Å²) in [6.45, 7) is 1.54. The van der Waals surface area contributed by atoms with Crippen LogP contribution in [0.2, 0.25) is 10.0 Å². The number of hydrogen-bond acceptors (Lipinski definition) is 4. The molecule has 1 unspecified atom stereocenters. The van der Waals surface area contributed by atoms with Gasteiger partial charge in [-0.05, 0) is 24.5 Å². The first-order valence-corrected chi connectivity index (χ1v) is 8.77. The van der Waals surface area contributed by atoms with Crippen LogP contribution in [0.25, 0.3) is 0 Å². The van der Waals surface area contributed by atoms with Gasteiger partial charge in [0, 0.05) is 37.3 Å². The van der Waals surface area contributed by atoms with E-state index in [1.165, 1.54) is 16.4 Å². The molecule has 21 heavy (non-hydrogen) atoms. The maximum atomic E-state index is 12.7. The third-order valence-electron chi connectivity index (χ3n) is 3.62. The quantitative estimate of drug-likeness (QED) is 0.880. The monoisotopic (exact) mass is 352 g/mol. The summed E-state index contributed by atoms with van der Waals surface area (Å²) in [6.07, 6.45) is 0.780. The summed E-state index contributed by atoms with van der Waals surface area (Å²) in [4.78, 5) is 0.0621. The smallest absolute Gasteiger partial charge is 0.244 e. The van der Waals surface area contributed by atoms with Gasteiger partial charge in [0.2, 0.25) is 10.0 Å². The molecule has 1 aliphatic heterocycles. The van der Waals surface area contributed by atoms with Gasteiger partial charge in [-0.15, -0.1) is 0 Å². The standard InChI is InChI=1S/C13H18Cl2N2O3S/c1-20-8-9-4-5-17(7-9)21(18,19)12-3-2-11(14)10(6-16)13(12)15/h2-3,9H,4-8,16H2,1H3. The van der Waals surface area contributed by atoms with Crippen LogP contribution in [-0.2, 0) is 21.3 Å². The van der Waals surface area contributed by atoms with Crippen molar-refractivity contribution in [3.05, 3.63) is 27.7 Å². The fraction of sp³-hybridized carbons (Fsp3) is 0.538. The molecule has 1 heterocycles. The molecule has 0 bridgehead atoms. The lowest BCUT2D eigenvalue weighted by Crippen LogP contribution is -2.30. The van der Waals surface area contributed by atoms with E-state index in [0.29, 0.717) is 30.3 Å². The fourth-order valence-corrected chi connectivity index (χ4v) is 4.93. The minimum Gasteiger partial charge on any atom is -0.384 e. The van der Waals surface area contributed by atoms with Gasteiger partial charge < -0.3 is 10.5 Å². The summed E-state index contributed by atoms with van der Waals surface area (Å²) in [7, 11) is -2.03. The summed E-state index contributed by atoms with van der Waals surface area (Å²) in [5.74, 6) is 0.213. The molecular weight excluding hydrogens is 335 g/mol. The van der Waals surface area contributed by atoms with Crippen molar-refractivity contribution in [3.8, 4) is 0 Å². The molecule has 118 valence electrons. The zero-order chi connectivity index (χ0) is 15.6. The van der Waals surface area contributed by atoms with E-state index in [1.807, 2.05) is 0 Å². The molecular formula is C13H18Cl2N2O3S. The van der Waals surface area contributed by atoms with Crippen molar-refractivity contribution in [1.29, 1.82) is 0 Å². The van der Waals surface area contributed by atoms with Crippen molar-refractivity contribution >= 4 is 33.2 Å². The summed E-state index contributed by atoms with van der Waals surface area (Å²) in [5.41, 5.74) is 6.04. The molecule has 1 aliphatic rings. The lowest BCUT2D eigenvalue weighted by molar-refractivity contribution is 0.157. The van der Waals surface area contributed by atoms with E-state index in [-0.39, 0.29) is 22.4 Å². The summed E-state index contributed by atoms with van der Waals surface area (Å²) in [5, 5.41) is 0.486. The van der Waals surface area contributed by atoms with Gasteiger partial charge in [-0.25, -0.2) is 8.42 Å². The van der Waals surface area contributed by atoms with E-state index in [9.17, 15) is 8.42 Å². The van der Waals surface area contributed by atoms with Crippen LogP contribution in [-0.4, -0.2) is 39.5 Å². The Bertz CT molecular complexity index is 622. The Hall–Kier alpha value is -0.370. The topological polar surface area (TPSA) is 72.6 Å². The third kappa shape index (κ3) is 3.36. The highest BCUT2D eigenvalue weighted by molar-refractivity contribution is 7.89. The van der Waals surface area contributed by atoms with Crippen LogP contribution in [0.5, 0.6) is 0 Å². The predicted octanol–water partition coefficient (Wildman–Crippen LogP) is 2.11. The van der Waals surface area contributed by atoms with Crippen molar-refractivity contribution in [2.75, 3.05) is 26.8 Å². The number of halogens is 2. The molecule has 0 spiro atoms. The number of benzene rings is 1. The third-order valence-corrected chi connectivity index (χ3v) is 6.43. The summed E-state index contributed by atoms with van der Waals surface area (Å²) in [6, 6.07) is 2.95. The summed E-state index contributed by atoms with van der Waals surface area (Å²) < 4.78 is 31.9. The molecule has 0 aliphatic carbocycles. The Morgan fingerprint density at radius 2 is 2.14 bits per heavy atom. The van der Waals surface area contributed by atoms with Crippen molar-refractivity contribution in [1.82, 2.24) is 4.31 Å². The Balaban J connectivity index is 2.33. The molecule has 8 heteroatoms. The molecule has 1 fully saturated rings. The molecule has 1 aromatic carbocycles. The van der Waals surface area contributed by atoms with Crippen LogP contribution in [0, 0.1) is 5.92 Å². The minimum absolute atomic E-state index is 0.0621. The van der Waals surface area contributed by atoms with Gasteiger partial charge in [0.25, 0.3) is 0 Å². The van der Waals surface area contributed by atoms with Gasteiger partial charge in [-0.2, -0.15) is 4.31 Å². The normalized spacial score (nSPS) is 20.1. The van der Waals surface area contributed by atoms with E-state index in [2.05, 4.69) is 0 Å². The average molecular weight is 353 g/mol. The van der Waals surface area contributed by atoms with Crippen molar-refractivity contribution < 1.29 is 13.2 Å². The zero-order valence-corrected chi connectivity index (χ0v) is 14.0. The molecule has 0 amide bonds. The highest BCUT2D eigenvalue weighted by Gasteiger charge is 2.34. The Kier molecular flexibility index (Phi) is 5.51. The lowest BCUT2D eigenvalue weighted by Gasteiger charge is -2.18. The molecule has 0 radical (unpaired) electrons. The number of nitrogens with two attached hydrogens (primary N) is 1. The first-order chi connectivity index (χ1) is 9.91. The first-order valence-electron chi connectivity index (χ1n) is 6.57. The SMILES string of the molecule is COCC1CCN(S(=O)(=O)c2ccc(Cl)c(CN)c2Cl)C1. The van der Waals surface area contributed by atoms with Crippen molar-refractivity contribution in [2.45, 2.75) is 17.9 Å². The molecule has 2 rings (SSSR count). The highest BCUT2D eigenvalue weighted by atomic mass is 35.5. The van der Waals surface area contributed by atoms with Crippen LogP contribution in [0.4, 0.5) is 0 Å². The molecule has 2 N–H and O–H groups in total. The van der Waals surface area contributed by atoms with Gasteiger partial charge in [0.15, 0.2) is 0 Å². The van der Waals surface area contributed by atoms with E-state index >= 15 is 0 Å². The number of nitrogens with zero attached hydrogens (tertiary/aromatic N) is 1. The highest BCUT2D eigenvalue weighted by Crippen LogP contribution is 2.34. The van der Waals surface area contributed by atoms with Gasteiger partial charge >= 0.3 is 0 Å². The number of ether oxygens (including phenoxy) is 1. The van der Waals surface area contributed by atoms with Crippen LogP contribution in [0.3, 0.4) is 0 Å². The van der Waals surface area contributed by atoms with E-state index in [1.54, 1.807) is 7.11 Å². The van der Waals surface area contributed by atoms with Gasteiger partial charge in [0.1, 0.15) is 4.90 Å². The van der Waals surface area contributed by atoms with E-state index in [0.717, 1.165) is 6.42 Å². The van der Waals surface area contributed by atoms with Gasteiger partial charge in [-0.1, -0.05) is 23.2 Å². The van der Waals surface area contributed by atoms with Crippen molar-refractivity contribution in [3.63, 3.8) is 0 Å². The zero-order valence-electron chi connectivity index (χ0n) is 11.7. The van der Waals surface area contributed by atoms with Crippen LogP contribution in [0.1, 0.15) is 12.0 Å². The number of hydrogen-bond donors (Lipinski definition) is 1. The van der Waals surface area contributed by atoms with Gasteiger partial charge in [-0.3, -0.25) is 0 Å². The maximum Gasteiger partial charge on any atom is 0.244 e. The summed E-state index contributed by atoms with van der Waals surface area (Å²) >= 11 is 12.2. The van der Waals surface area contributed by atoms with Crippen LogP contribution >= 0.6 is 23.2 Å². The predicted molar refractivity (Wildman–Crippen MR) is 83.1 cm³/mol. The molecule has 5 nitrogen and oxygen atoms in total. The maximum absolute atomic E-state index is 12.7. The minimum atomic E-state index is -3.64.